The van der Waals surface area contributed by atoms with E-state index in [9.17, 15) is 0 Å². The molecule has 0 N–H and O–H groups in total. The van der Waals surface area contributed by atoms with E-state index in [1.807, 2.05) is 0 Å². The van der Waals surface area contributed by atoms with E-state index in [4.69, 9.17) is 4.74 Å². The van der Waals surface area contributed by atoms with Crippen molar-refractivity contribution in [1.82, 2.24) is 0 Å². The maximum absolute atomic E-state index is 5.46. The van der Waals surface area contributed by atoms with Gasteiger partial charge in [0.2, 0.25) is 0 Å². The third-order valence-corrected chi connectivity index (χ3v) is 4.38. The molecule has 19 heavy (non-hydrogen) atoms. The van der Waals surface area contributed by atoms with Crippen molar-refractivity contribution in [2.45, 2.75) is 51.6 Å². The molecule has 1 aromatic rings. The van der Waals surface area contributed by atoms with Crippen LogP contribution in [0.5, 0.6) is 0 Å². The first kappa shape index (κ1) is 14.3. The van der Waals surface area contributed by atoms with E-state index < -0.39 is 0 Å². The Morgan fingerprint density at radius 2 is 1.84 bits per heavy atom. The first-order valence-electron chi connectivity index (χ1n) is 7.61. The maximum atomic E-state index is 5.46. The molecule has 0 aromatic heterocycles. The third kappa shape index (κ3) is 4.21. The van der Waals surface area contributed by atoms with Crippen LogP contribution >= 0.6 is 0 Å². The quantitative estimate of drug-likeness (QED) is 0.511. The van der Waals surface area contributed by atoms with Gasteiger partial charge in [-0.1, -0.05) is 43.7 Å². The molecule has 0 bridgehead atoms. The molecule has 1 saturated carbocycles. The normalized spacial score (nSPS) is 23.2. The summed E-state index contributed by atoms with van der Waals surface area (Å²) in [6.45, 7) is 7.29. The lowest BCUT2D eigenvalue weighted by atomic mass is 9.78. The van der Waals surface area contributed by atoms with E-state index in [1.165, 1.54) is 43.2 Å². The van der Waals surface area contributed by atoms with Crippen LogP contribution in [0.1, 0.15) is 56.1 Å². The second-order valence-corrected chi connectivity index (χ2v) is 5.67. The van der Waals surface area contributed by atoms with Gasteiger partial charge in [-0.15, -0.1) is 6.58 Å². The Labute approximate surface area is 117 Å². The van der Waals surface area contributed by atoms with Gasteiger partial charge in [0, 0.05) is 0 Å². The predicted octanol–water partition coefficient (Wildman–Crippen LogP) is 5.07. The minimum absolute atomic E-state index is 0.628. The summed E-state index contributed by atoms with van der Waals surface area (Å²) >= 11 is 0. The number of hydrogen-bond donors (Lipinski definition) is 0. The van der Waals surface area contributed by atoms with E-state index in [0.29, 0.717) is 13.2 Å². The van der Waals surface area contributed by atoms with Crippen molar-refractivity contribution in [3.63, 3.8) is 0 Å². The fourth-order valence-corrected chi connectivity index (χ4v) is 3.05. The lowest BCUT2D eigenvalue weighted by Gasteiger charge is -2.28. The zero-order chi connectivity index (χ0) is 13.5. The predicted molar refractivity (Wildman–Crippen MR) is 81.3 cm³/mol. The second kappa shape index (κ2) is 7.49. The van der Waals surface area contributed by atoms with Crippen molar-refractivity contribution in [2.24, 2.45) is 5.92 Å². The molecule has 0 heterocycles. The van der Waals surface area contributed by atoms with Crippen LogP contribution in [0, 0.1) is 5.92 Å². The summed E-state index contributed by atoms with van der Waals surface area (Å²) in [6.07, 6.45) is 8.69. The Morgan fingerprint density at radius 1 is 1.16 bits per heavy atom. The molecule has 104 valence electrons. The molecule has 1 aliphatic rings. The largest absolute Gasteiger partial charge is 0.373 e. The molecule has 0 amide bonds. The van der Waals surface area contributed by atoms with Gasteiger partial charge in [-0.2, -0.15) is 0 Å². The topological polar surface area (TPSA) is 9.23 Å². The zero-order valence-corrected chi connectivity index (χ0v) is 12.1. The summed E-state index contributed by atoms with van der Waals surface area (Å²) < 4.78 is 5.46. The summed E-state index contributed by atoms with van der Waals surface area (Å²) in [5.74, 6) is 1.76. The average molecular weight is 258 g/mol. The molecule has 1 aromatic carbocycles. The van der Waals surface area contributed by atoms with Gasteiger partial charge >= 0.3 is 0 Å². The first-order valence-corrected chi connectivity index (χ1v) is 7.61. The fraction of sp³-hybridized carbons (Fsp3) is 0.556. The molecule has 0 spiro atoms. The molecule has 1 heteroatoms. The van der Waals surface area contributed by atoms with E-state index >= 15 is 0 Å². The molecule has 1 nitrogen and oxygen atoms in total. The standard InChI is InChI=1S/C18H26O/c1-3-13-19-14-16-7-11-18(12-8-16)17-9-5-15(4-2)6-10-17/h3,7-8,11-12,15,17H,1,4-6,9-10,13-14H2,2H3/t15-,17-. The third-order valence-electron chi connectivity index (χ3n) is 4.38. The van der Waals surface area contributed by atoms with Crippen LogP contribution in [0.3, 0.4) is 0 Å². The molecule has 1 fully saturated rings. The molecule has 0 unspecified atom stereocenters. The number of benzene rings is 1. The van der Waals surface area contributed by atoms with Crippen molar-refractivity contribution in [3.05, 3.63) is 48.0 Å². The van der Waals surface area contributed by atoms with Crippen LogP contribution < -0.4 is 0 Å². The van der Waals surface area contributed by atoms with Crippen LogP contribution in [0.2, 0.25) is 0 Å². The van der Waals surface area contributed by atoms with Crippen molar-refractivity contribution in [1.29, 1.82) is 0 Å². The van der Waals surface area contributed by atoms with E-state index in [-0.39, 0.29) is 0 Å². The number of ether oxygens (including phenoxy) is 1. The molecule has 0 saturated heterocycles. The highest BCUT2D eigenvalue weighted by molar-refractivity contribution is 5.25. The smallest absolute Gasteiger partial charge is 0.0721 e. The molecule has 0 atom stereocenters. The Bertz CT molecular complexity index is 371. The monoisotopic (exact) mass is 258 g/mol. The van der Waals surface area contributed by atoms with Crippen LogP contribution in [0.4, 0.5) is 0 Å². The second-order valence-electron chi connectivity index (χ2n) is 5.67. The first-order chi connectivity index (χ1) is 9.33. The minimum Gasteiger partial charge on any atom is -0.373 e. The Balaban J connectivity index is 1.86. The van der Waals surface area contributed by atoms with Crippen molar-refractivity contribution >= 4 is 0 Å². The van der Waals surface area contributed by atoms with Gasteiger partial charge in [0.15, 0.2) is 0 Å². The van der Waals surface area contributed by atoms with Gasteiger partial charge in [-0.3, -0.25) is 0 Å². The van der Waals surface area contributed by atoms with Crippen LogP contribution in [-0.2, 0) is 11.3 Å². The number of rotatable bonds is 6. The molecular formula is C18H26O. The van der Waals surface area contributed by atoms with Gasteiger partial charge in [0.1, 0.15) is 0 Å². The lowest BCUT2D eigenvalue weighted by Crippen LogP contribution is -2.12. The highest BCUT2D eigenvalue weighted by Gasteiger charge is 2.20. The fourth-order valence-electron chi connectivity index (χ4n) is 3.05. The van der Waals surface area contributed by atoms with Crippen molar-refractivity contribution in [2.75, 3.05) is 6.61 Å². The van der Waals surface area contributed by atoms with Crippen molar-refractivity contribution in [3.8, 4) is 0 Å². The summed E-state index contributed by atoms with van der Waals surface area (Å²) in [4.78, 5) is 0. The van der Waals surface area contributed by atoms with E-state index in [1.54, 1.807) is 6.08 Å². The summed E-state index contributed by atoms with van der Waals surface area (Å²) in [5, 5.41) is 0. The van der Waals surface area contributed by atoms with Crippen LogP contribution in [0.15, 0.2) is 36.9 Å². The zero-order valence-electron chi connectivity index (χ0n) is 12.1. The van der Waals surface area contributed by atoms with Gasteiger partial charge < -0.3 is 4.74 Å². The van der Waals surface area contributed by atoms with Gasteiger partial charge in [-0.25, -0.2) is 0 Å². The Kier molecular flexibility index (Phi) is 5.65. The van der Waals surface area contributed by atoms with Crippen LogP contribution in [0.25, 0.3) is 0 Å². The maximum Gasteiger partial charge on any atom is 0.0721 e. The van der Waals surface area contributed by atoms with Gasteiger partial charge in [0.05, 0.1) is 13.2 Å². The molecule has 2 rings (SSSR count). The van der Waals surface area contributed by atoms with Crippen LogP contribution in [-0.4, -0.2) is 6.61 Å². The number of hydrogen-bond acceptors (Lipinski definition) is 1. The Morgan fingerprint density at radius 3 is 2.42 bits per heavy atom. The van der Waals surface area contributed by atoms with E-state index in [0.717, 1.165) is 11.8 Å². The summed E-state index contributed by atoms with van der Waals surface area (Å²) in [5.41, 5.74) is 2.77. The molecule has 0 aliphatic heterocycles. The highest BCUT2D eigenvalue weighted by atomic mass is 16.5. The minimum atomic E-state index is 0.628. The molecular weight excluding hydrogens is 232 g/mol. The Hall–Kier alpha value is -1.08. The van der Waals surface area contributed by atoms with Crippen molar-refractivity contribution < 1.29 is 4.74 Å². The summed E-state index contributed by atoms with van der Waals surface area (Å²) in [6, 6.07) is 9.02. The lowest BCUT2D eigenvalue weighted by molar-refractivity contribution is 0.149. The highest BCUT2D eigenvalue weighted by Crippen LogP contribution is 2.36. The van der Waals surface area contributed by atoms with Gasteiger partial charge in [-0.05, 0) is 48.6 Å². The average Bonchev–Trinajstić information content (AvgIpc) is 2.48. The summed E-state index contributed by atoms with van der Waals surface area (Å²) in [7, 11) is 0. The SMILES string of the molecule is C=CCOCc1ccc([C@H]2CC[C@H](CC)CC2)cc1. The molecule has 1 aliphatic carbocycles. The van der Waals surface area contributed by atoms with E-state index in [2.05, 4.69) is 37.8 Å². The van der Waals surface area contributed by atoms with Gasteiger partial charge in [0.25, 0.3) is 0 Å². The molecule has 0 radical (unpaired) electrons.